The second-order valence-corrected chi connectivity index (χ2v) is 7.00. The van der Waals surface area contributed by atoms with Crippen LogP contribution in [0.3, 0.4) is 0 Å². The summed E-state index contributed by atoms with van der Waals surface area (Å²) in [5.74, 6) is 1.25. The quantitative estimate of drug-likeness (QED) is 0.553. The van der Waals surface area contributed by atoms with Crippen LogP contribution in [-0.4, -0.2) is 0 Å². The topological polar surface area (TPSA) is 23.8 Å². The van der Waals surface area contributed by atoms with E-state index in [0.717, 1.165) is 5.92 Å². The highest BCUT2D eigenvalue weighted by molar-refractivity contribution is 5.19. The SMILES string of the molecule is CC.CC1=CCC2C(C)(C)CCCC2(C)C1CC#N. The third-order valence-corrected chi connectivity index (χ3v) is 5.59. The van der Waals surface area contributed by atoms with Gasteiger partial charge in [0.15, 0.2) is 0 Å². The summed E-state index contributed by atoms with van der Waals surface area (Å²) in [6.07, 6.45) is 8.30. The molecule has 0 aromatic carbocycles. The van der Waals surface area contributed by atoms with Crippen LogP contribution in [0.4, 0.5) is 0 Å². The van der Waals surface area contributed by atoms with E-state index in [1.54, 1.807) is 0 Å². The molecule has 0 radical (unpaired) electrons. The molecule has 108 valence electrons. The van der Waals surface area contributed by atoms with Crippen molar-refractivity contribution in [1.82, 2.24) is 0 Å². The molecule has 0 amide bonds. The molecule has 3 atom stereocenters. The van der Waals surface area contributed by atoms with Gasteiger partial charge in [0.2, 0.25) is 0 Å². The van der Waals surface area contributed by atoms with Crippen molar-refractivity contribution in [3.8, 4) is 6.07 Å². The van der Waals surface area contributed by atoms with E-state index in [1.807, 2.05) is 13.8 Å². The number of nitriles is 1. The summed E-state index contributed by atoms with van der Waals surface area (Å²) in [5.41, 5.74) is 2.26. The number of hydrogen-bond donors (Lipinski definition) is 0. The summed E-state index contributed by atoms with van der Waals surface area (Å²) >= 11 is 0. The summed E-state index contributed by atoms with van der Waals surface area (Å²) in [6, 6.07) is 2.41. The predicted molar refractivity (Wildman–Crippen MR) is 82.7 cm³/mol. The van der Waals surface area contributed by atoms with Gasteiger partial charge in [-0.05, 0) is 48.9 Å². The zero-order chi connectivity index (χ0) is 14.7. The van der Waals surface area contributed by atoms with Crippen LogP contribution >= 0.6 is 0 Å². The van der Waals surface area contributed by atoms with Crippen molar-refractivity contribution in [3.63, 3.8) is 0 Å². The van der Waals surface area contributed by atoms with Gasteiger partial charge < -0.3 is 0 Å². The summed E-state index contributed by atoms with van der Waals surface area (Å²) in [7, 11) is 0. The molecule has 1 heteroatoms. The first-order chi connectivity index (χ1) is 8.92. The van der Waals surface area contributed by atoms with E-state index in [4.69, 9.17) is 5.26 Å². The Morgan fingerprint density at radius 2 is 1.89 bits per heavy atom. The van der Waals surface area contributed by atoms with Crippen molar-refractivity contribution in [2.24, 2.45) is 22.7 Å². The number of hydrogen-bond acceptors (Lipinski definition) is 1. The molecule has 1 nitrogen and oxygen atoms in total. The first-order valence-corrected chi connectivity index (χ1v) is 7.95. The zero-order valence-corrected chi connectivity index (χ0v) is 13.7. The Hall–Kier alpha value is -0.770. The molecule has 0 saturated heterocycles. The Kier molecular flexibility index (Phi) is 5.25. The fourth-order valence-corrected chi connectivity index (χ4v) is 4.62. The Morgan fingerprint density at radius 3 is 2.47 bits per heavy atom. The minimum Gasteiger partial charge on any atom is -0.198 e. The van der Waals surface area contributed by atoms with Crippen LogP contribution in [0.1, 0.15) is 73.6 Å². The maximum Gasteiger partial charge on any atom is 0.0628 e. The summed E-state index contributed by atoms with van der Waals surface area (Å²) in [5, 5.41) is 9.09. The van der Waals surface area contributed by atoms with Gasteiger partial charge in [-0.25, -0.2) is 0 Å². The van der Waals surface area contributed by atoms with Gasteiger partial charge >= 0.3 is 0 Å². The summed E-state index contributed by atoms with van der Waals surface area (Å²) < 4.78 is 0. The fraction of sp³-hybridized carbons (Fsp3) is 0.833. The van der Waals surface area contributed by atoms with Crippen molar-refractivity contribution >= 4 is 0 Å². The van der Waals surface area contributed by atoms with Crippen molar-refractivity contribution < 1.29 is 0 Å². The average molecular weight is 261 g/mol. The standard InChI is InChI=1S/C16H25N.C2H6/c1-12-6-7-14-15(2,3)9-5-10-16(14,4)13(12)8-11-17;1-2/h6,13-14H,5,7-10H2,1-4H3;1-2H3. The van der Waals surface area contributed by atoms with Gasteiger partial charge in [-0.2, -0.15) is 5.26 Å². The molecule has 1 saturated carbocycles. The van der Waals surface area contributed by atoms with E-state index in [2.05, 4.69) is 39.8 Å². The van der Waals surface area contributed by atoms with Crippen LogP contribution in [0.15, 0.2) is 11.6 Å². The monoisotopic (exact) mass is 261 g/mol. The highest BCUT2D eigenvalue weighted by Crippen LogP contribution is 2.60. The van der Waals surface area contributed by atoms with Crippen LogP contribution in [0.5, 0.6) is 0 Å². The molecule has 0 spiro atoms. The molecule has 0 bridgehead atoms. The normalized spacial score (nSPS) is 36.2. The smallest absolute Gasteiger partial charge is 0.0628 e. The molecule has 0 aromatic rings. The van der Waals surface area contributed by atoms with Gasteiger partial charge in [0.1, 0.15) is 0 Å². The Bertz CT molecular complexity index is 372. The highest BCUT2D eigenvalue weighted by atomic mass is 14.6. The van der Waals surface area contributed by atoms with Crippen molar-refractivity contribution in [1.29, 1.82) is 5.26 Å². The third kappa shape index (κ3) is 2.88. The lowest BCUT2D eigenvalue weighted by atomic mass is 9.48. The van der Waals surface area contributed by atoms with Crippen molar-refractivity contribution in [3.05, 3.63) is 11.6 Å². The first kappa shape index (κ1) is 16.3. The van der Waals surface area contributed by atoms with E-state index in [0.29, 0.717) is 23.2 Å². The molecule has 0 N–H and O–H groups in total. The largest absolute Gasteiger partial charge is 0.198 e. The van der Waals surface area contributed by atoms with Gasteiger partial charge in [-0.3, -0.25) is 0 Å². The average Bonchev–Trinajstić information content (AvgIpc) is 2.35. The molecule has 0 aliphatic heterocycles. The zero-order valence-electron chi connectivity index (χ0n) is 13.7. The lowest BCUT2D eigenvalue weighted by Gasteiger charge is -2.56. The molecule has 0 aromatic heterocycles. The summed E-state index contributed by atoms with van der Waals surface area (Å²) in [6.45, 7) is 13.5. The molecule has 3 unspecified atom stereocenters. The number of nitrogens with zero attached hydrogens (tertiary/aromatic N) is 1. The first-order valence-electron chi connectivity index (χ1n) is 7.95. The van der Waals surface area contributed by atoms with Crippen molar-refractivity contribution in [2.45, 2.75) is 73.6 Å². The second-order valence-electron chi connectivity index (χ2n) is 7.00. The minimum atomic E-state index is 0.357. The lowest BCUT2D eigenvalue weighted by Crippen LogP contribution is -2.48. The van der Waals surface area contributed by atoms with E-state index < -0.39 is 0 Å². The maximum absolute atomic E-state index is 9.09. The number of allylic oxidation sites excluding steroid dienone is 2. The van der Waals surface area contributed by atoms with Gasteiger partial charge in [0.05, 0.1) is 6.07 Å². The second kappa shape index (κ2) is 6.12. The fourth-order valence-electron chi connectivity index (χ4n) is 4.62. The van der Waals surface area contributed by atoms with Crippen LogP contribution in [0.25, 0.3) is 0 Å². The van der Waals surface area contributed by atoms with Gasteiger partial charge in [-0.1, -0.05) is 52.7 Å². The van der Waals surface area contributed by atoms with E-state index >= 15 is 0 Å². The van der Waals surface area contributed by atoms with Gasteiger partial charge in [-0.15, -0.1) is 0 Å². The van der Waals surface area contributed by atoms with Gasteiger partial charge in [0, 0.05) is 6.42 Å². The lowest BCUT2D eigenvalue weighted by molar-refractivity contribution is -0.0356. The molecule has 0 heterocycles. The molecular weight excluding hydrogens is 230 g/mol. The van der Waals surface area contributed by atoms with Crippen LogP contribution < -0.4 is 0 Å². The van der Waals surface area contributed by atoms with E-state index in [-0.39, 0.29) is 0 Å². The molecule has 1 fully saturated rings. The van der Waals surface area contributed by atoms with Crippen LogP contribution in [0.2, 0.25) is 0 Å². The predicted octanol–water partition coefficient (Wildman–Crippen LogP) is 5.73. The highest BCUT2D eigenvalue weighted by Gasteiger charge is 2.51. The third-order valence-electron chi connectivity index (χ3n) is 5.59. The minimum absolute atomic E-state index is 0.357. The molecular formula is C18H31N. The Labute approximate surface area is 120 Å². The van der Waals surface area contributed by atoms with Crippen LogP contribution in [-0.2, 0) is 0 Å². The Balaban J connectivity index is 0.000000861. The molecule has 2 aliphatic rings. The van der Waals surface area contributed by atoms with Crippen molar-refractivity contribution in [2.75, 3.05) is 0 Å². The van der Waals surface area contributed by atoms with E-state index in [9.17, 15) is 0 Å². The maximum atomic E-state index is 9.09. The Morgan fingerprint density at radius 1 is 1.26 bits per heavy atom. The molecule has 2 rings (SSSR count). The number of rotatable bonds is 1. The molecule has 2 aliphatic carbocycles. The van der Waals surface area contributed by atoms with E-state index in [1.165, 1.54) is 31.3 Å². The van der Waals surface area contributed by atoms with Crippen LogP contribution in [0, 0.1) is 34.0 Å². The molecule has 19 heavy (non-hydrogen) atoms. The number of fused-ring (bicyclic) bond motifs is 1. The summed E-state index contributed by atoms with van der Waals surface area (Å²) in [4.78, 5) is 0. The van der Waals surface area contributed by atoms with Gasteiger partial charge in [0.25, 0.3) is 0 Å².